The molecule has 0 atom stereocenters. The van der Waals surface area contributed by atoms with Crippen LogP contribution in [-0.4, -0.2) is 22.4 Å². The summed E-state index contributed by atoms with van der Waals surface area (Å²) in [4.78, 5) is 28.8. The van der Waals surface area contributed by atoms with Gasteiger partial charge in [0.05, 0.1) is 16.3 Å². The average Bonchev–Trinajstić information content (AvgIpc) is 2.66. The summed E-state index contributed by atoms with van der Waals surface area (Å²) in [6, 6.07) is 18.9. The smallest absolute Gasteiger partial charge is 0.224 e. The molecular weight excluding hydrogens is 356 g/mol. The number of hydrogen-bond acceptors (Lipinski definition) is 4. The number of Topliss-reactive ketones (excluding diaryl/α,β-unsaturated/α-hetero) is 1. The maximum Gasteiger partial charge on any atom is 0.224 e. The third-order valence-electron chi connectivity index (χ3n) is 4.01. The molecule has 0 spiro atoms. The summed E-state index contributed by atoms with van der Waals surface area (Å²) in [5.41, 5.74) is 2.27. The van der Waals surface area contributed by atoms with E-state index in [0.717, 1.165) is 15.9 Å². The van der Waals surface area contributed by atoms with Gasteiger partial charge >= 0.3 is 0 Å². The van der Waals surface area contributed by atoms with Gasteiger partial charge in [0.1, 0.15) is 0 Å². The summed E-state index contributed by atoms with van der Waals surface area (Å²) in [7, 11) is 0. The third kappa shape index (κ3) is 5.41. The van der Waals surface area contributed by atoms with E-state index < -0.39 is 0 Å². The third-order valence-corrected chi connectivity index (χ3v) is 4.94. The molecule has 5 heteroatoms. The molecule has 2 aromatic carbocycles. The number of carbonyl (C=O) groups is 2. The van der Waals surface area contributed by atoms with E-state index in [1.54, 1.807) is 24.3 Å². The van der Waals surface area contributed by atoms with Crippen molar-refractivity contribution in [3.63, 3.8) is 0 Å². The highest BCUT2D eigenvalue weighted by Gasteiger charge is 2.09. The number of anilines is 1. The van der Waals surface area contributed by atoms with Crippen molar-refractivity contribution in [3.8, 4) is 0 Å². The quantitative estimate of drug-likeness (QED) is 0.454. The van der Waals surface area contributed by atoms with Crippen molar-refractivity contribution in [1.29, 1.82) is 0 Å². The molecule has 27 heavy (non-hydrogen) atoms. The zero-order chi connectivity index (χ0) is 19.2. The van der Waals surface area contributed by atoms with E-state index in [2.05, 4.69) is 10.3 Å². The minimum absolute atomic E-state index is 0.0120. The lowest BCUT2D eigenvalue weighted by Gasteiger charge is -2.08. The molecule has 0 radical (unpaired) electrons. The Balaban J connectivity index is 1.58. The van der Waals surface area contributed by atoms with Gasteiger partial charge in [-0.2, -0.15) is 0 Å². The van der Waals surface area contributed by atoms with Crippen molar-refractivity contribution in [2.75, 3.05) is 11.1 Å². The van der Waals surface area contributed by atoms with Crippen LogP contribution in [0, 0.1) is 5.92 Å². The number of para-hydroxylation sites is 1. The van der Waals surface area contributed by atoms with Crippen molar-refractivity contribution in [3.05, 3.63) is 66.2 Å². The monoisotopic (exact) mass is 378 g/mol. The number of amides is 1. The molecule has 0 bridgehead atoms. The number of fused-ring (bicyclic) bond motifs is 1. The Bertz CT molecular complexity index is 952. The highest BCUT2D eigenvalue weighted by molar-refractivity contribution is 7.99. The van der Waals surface area contributed by atoms with Crippen LogP contribution in [0.3, 0.4) is 0 Å². The van der Waals surface area contributed by atoms with Crippen LogP contribution in [0.5, 0.6) is 0 Å². The fraction of sp³-hybridized carbons (Fsp3) is 0.227. The molecule has 1 aromatic heterocycles. The van der Waals surface area contributed by atoms with Crippen molar-refractivity contribution < 1.29 is 9.59 Å². The number of rotatable bonds is 7. The largest absolute Gasteiger partial charge is 0.326 e. The van der Waals surface area contributed by atoms with E-state index in [-0.39, 0.29) is 11.7 Å². The highest BCUT2D eigenvalue weighted by Crippen LogP contribution is 2.21. The van der Waals surface area contributed by atoms with Crippen molar-refractivity contribution in [2.24, 2.45) is 5.92 Å². The van der Waals surface area contributed by atoms with Gasteiger partial charge in [-0.05, 0) is 42.3 Å². The molecule has 3 rings (SSSR count). The van der Waals surface area contributed by atoms with Crippen LogP contribution in [0.2, 0.25) is 0 Å². The zero-order valence-electron chi connectivity index (χ0n) is 15.4. The first-order valence-corrected chi connectivity index (χ1v) is 9.91. The molecule has 0 fully saturated rings. The standard InChI is InChI=1S/C22H22N2O2S/c1-15(2)13-21(26)23-18-10-7-17(8-11-18)20(25)14-27-22-12-9-16-5-3-4-6-19(16)24-22/h3-12,15H,13-14H2,1-2H3,(H,23,26). The van der Waals surface area contributed by atoms with Gasteiger partial charge in [-0.15, -0.1) is 0 Å². The minimum Gasteiger partial charge on any atom is -0.326 e. The molecule has 1 N–H and O–H groups in total. The molecule has 0 saturated carbocycles. The molecule has 3 aromatic rings. The van der Waals surface area contributed by atoms with E-state index in [0.29, 0.717) is 29.3 Å². The minimum atomic E-state index is -0.0120. The second-order valence-corrected chi connectivity index (χ2v) is 7.77. The van der Waals surface area contributed by atoms with Gasteiger partial charge in [0, 0.05) is 23.1 Å². The summed E-state index contributed by atoms with van der Waals surface area (Å²) in [5, 5.41) is 4.77. The average molecular weight is 378 g/mol. The Labute approximate surface area is 163 Å². The van der Waals surface area contributed by atoms with Crippen molar-refractivity contribution >= 4 is 40.0 Å². The summed E-state index contributed by atoms with van der Waals surface area (Å²) in [5.74, 6) is 0.660. The van der Waals surface area contributed by atoms with Crippen LogP contribution in [0.15, 0.2) is 65.7 Å². The van der Waals surface area contributed by atoms with Crippen LogP contribution in [-0.2, 0) is 4.79 Å². The lowest BCUT2D eigenvalue weighted by Crippen LogP contribution is -2.14. The number of nitrogens with one attached hydrogen (secondary N) is 1. The second kappa shape index (κ2) is 8.82. The number of pyridine rings is 1. The van der Waals surface area contributed by atoms with Crippen LogP contribution < -0.4 is 5.32 Å². The van der Waals surface area contributed by atoms with Gasteiger partial charge in [-0.1, -0.05) is 49.9 Å². The molecule has 0 unspecified atom stereocenters. The van der Waals surface area contributed by atoms with Crippen LogP contribution in [0.4, 0.5) is 5.69 Å². The fourth-order valence-electron chi connectivity index (χ4n) is 2.67. The number of carbonyl (C=O) groups excluding carboxylic acids is 2. The molecule has 1 heterocycles. The van der Waals surface area contributed by atoms with Crippen LogP contribution in [0.25, 0.3) is 10.9 Å². The molecule has 0 aliphatic heterocycles. The number of nitrogens with zero attached hydrogens (tertiary/aromatic N) is 1. The van der Waals surface area contributed by atoms with Gasteiger partial charge in [-0.25, -0.2) is 4.98 Å². The Morgan fingerprint density at radius 1 is 1.00 bits per heavy atom. The SMILES string of the molecule is CC(C)CC(=O)Nc1ccc(C(=O)CSc2ccc3ccccc3n2)cc1. The van der Waals surface area contributed by atoms with Crippen molar-refractivity contribution in [1.82, 2.24) is 4.98 Å². The van der Waals surface area contributed by atoms with Gasteiger partial charge in [0.25, 0.3) is 0 Å². The summed E-state index contributed by atoms with van der Waals surface area (Å²) in [6.07, 6.45) is 0.482. The maximum atomic E-state index is 12.4. The first-order valence-electron chi connectivity index (χ1n) is 8.93. The summed E-state index contributed by atoms with van der Waals surface area (Å²) >= 11 is 1.43. The van der Waals surface area contributed by atoms with Crippen molar-refractivity contribution in [2.45, 2.75) is 25.3 Å². The topological polar surface area (TPSA) is 59.1 Å². The number of hydrogen-bond donors (Lipinski definition) is 1. The second-order valence-electron chi connectivity index (χ2n) is 6.78. The molecule has 1 amide bonds. The lowest BCUT2D eigenvalue weighted by molar-refractivity contribution is -0.116. The van der Waals surface area contributed by atoms with Gasteiger partial charge in [0.2, 0.25) is 5.91 Å². The predicted octanol–water partition coefficient (Wildman–Crippen LogP) is 5.19. The number of ketones is 1. The van der Waals surface area contributed by atoms with Crippen LogP contribution >= 0.6 is 11.8 Å². The highest BCUT2D eigenvalue weighted by atomic mass is 32.2. The van der Waals surface area contributed by atoms with Gasteiger partial charge in [0.15, 0.2) is 5.78 Å². The Kier molecular flexibility index (Phi) is 6.24. The Morgan fingerprint density at radius 2 is 1.74 bits per heavy atom. The molecular formula is C22H22N2O2S. The lowest BCUT2D eigenvalue weighted by atomic mass is 10.1. The van der Waals surface area contributed by atoms with E-state index in [1.165, 1.54) is 11.8 Å². The molecule has 0 aliphatic rings. The first kappa shape index (κ1) is 19.1. The van der Waals surface area contributed by atoms with Gasteiger partial charge in [-0.3, -0.25) is 9.59 Å². The summed E-state index contributed by atoms with van der Waals surface area (Å²) in [6.45, 7) is 4.01. The number of thioether (sulfide) groups is 1. The van der Waals surface area contributed by atoms with Crippen LogP contribution in [0.1, 0.15) is 30.6 Å². The zero-order valence-corrected chi connectivity index (χ0v) is 16.3. The maximum absolute atomic E-state index is 12.4. The van der Waals surface area contributed by atoms with Gasteiger partial charge < -0.3 is 5.32 Å². The Hall–Kier alpha value is -2.66. The fourth-order valence-corrected chi connectivity index (χ4v) is 3.45. The molecule has 0 aliphatic carbocycles. The molecule has 138 valence electrons. The Morgan fingerprint density at radius 3 is 2.48 bits per heavy atom. The van der Waals surface area contributed by atoms with E-state index in [4.69, 9.17) is 0 Å². The number of aromatic nitrogens is 1. The summed E-state index contributed by atoms with van der Waals surface area (Å²) < 4.78 is 0. The van der Waals surface area contributed by atoms with E-state index >= 15 is 0 Å². The molecule has 4 nitrogen and oxygen atoms in total. The first-order chi connectivity index (χ1) is 13.0. The van der Waals surface area contributed by atoms with E-state index in [9.17, 15) is 9.59 Å². The normalized spacial score (nSPS) is 10.9. The number of benzene rings is 2. The van der Waals surface area contributed by atoms with E-state index in [1.807, 2.05) is 50.2 Å². The molecule has 0 saturated heterocycles. The predicted molar refractivity (Wildman–Crippen MR) is 111 cm³/mol.